The molecular formula is C32H40F3N3O3. The summed E-state index contributed by atoms with van der Waals surface area (Å²) in [5, 5.41) is 3.00. The molecule has 2 fully saturated rings. The van der Waals surface area contributed by atoms with Crippen molar-refractivity contribution >= 4 is 17.7 Å². The average Bonchev–Trinajstić information content (AvgIpc) is 3.07. The van der Waals surface area contributed by atoms with Crippen molar-refractivity contribution in [3.05, 3.63) is 59.7 Å². The number of primary amides is 1. The van der Waals surface area contributed by atoms with Crippen molar-refractivity contribution < 1.29 is 27.6 Å². The van der Waals surface area contributed by atoms with E-state index in [9.17, 15) is 27.6 Å². The Balaban J connectivity index is 1.46. The first-order valence-corrected chi connectivity index (χ1v) is 14.7. The van der Waals surface area contributed by atoms with E-state index >= 15 is 0 Å². The largest absolute Gasteiger partial charge is 0.416 e. The molecule has 1 saturated heterocycles. The lowest BCUT2D eigenvalue weighted by atomic mass is 9.74. The van der Waals surface area contributed by atoms with Crippen LogP contribution in [-0.4, -0.2) is 35.2 Å². The van der Waals surface area contributed by atoms with Crippen LogP contribution >= 0.6 is 0 Å². The third-order valence-corrected chi connectivity index (χ3v) is 8.54. The molecule has 2 aromatic rings. The molecule has 0 radical (unpaired) electrons. The number of benzene rings is 2. The second-order valence-electron chi connectivity index (χ2n) is 11.5. The van der Waals surface area contributed by atoms with Crippen LogP contribution in [0.25, 0.3) is 11.1 Å². The SMILES string of the molecule is CCCC(C(N)=O)C(CC1CCC1)C(=O)N[C@H]1CCCCN(Cc2cccc(-c3ccc(C(F)(F)F)cc3)c2)C1=O. The van der Waals surface area contributed by atoms with Gasteiger partial charge in [0.15, 0.2) is 0 Å². The van der Waals surface area contributed by atoms with Gasteiger partial charge in [-0.3, -0.25) is 14.4 Å². The minimum absolute atomic E-state index is 0.163. The lowest BCUT2D eigenvalue weighted by molar-refractivity contribution is -0.140. The predicted octanol–water partition coefficient (Wildman–Crippen LogP) is 6.08. The van der Waals surface area contributed by atoms with E-state index in [0.717, 1.165) is 61.8 Å². The summed E-state index contributed by atoms with van der Waals surface area (Å²) < 4.78 is 38.9. The third-order valence-electron chi connectivity index (χ3n) is 8.54. The molecule has 222 valence electrons. The number of carbonyl (C=O) groups is 3. The number of hydrogen-bond donors (Lipinski definition) is 2. The van der Waals surface area contributed by atoms with Crippen molar-refractivity contribution in [3.63, 3.8) is 0 Å². The molecule has 3 amide bonds. The highest BCUT2D eigenvalue weighted by atomic mass is 19.4. The van der Waals surface area contributed by atoms with Gasteiger partial charge in [-0.05, 0) is 72.9 Å². The Morgan fingerprint density at radius 3 is 2.34 bits per heavy atom. The molecule has 2 aromatic carbocycles. The fourth-order valence-corrected chi connectivity index (χ4v) is 5.99. The van der Waals surface area contributed by atoms with Gasteiger partial charge >= 0.3 is 6.18 Å². The molecule has 0 spiro atoms. The van der Waals surface area contributed by atoms with Crippen molar-refractivity contribution in [2.24, 2.45) is 23.5 Å². The summed E-state index contributed by atoms with van der Waals surface area (Å²) in [5.41, 5.74) is 7.29. The summed E-state index contributed by atoms with van der Waals surface area (Å²) in [6.45, 7) is 2.83. The molecule has 1 aliphatic heterocycles. The number of nitrogens with one attached hydrogen (secondary N) is 1. The number of hydrogen-bond acceptors (Lipinski definition) is 3. The molecule has 1 aliphatic carbocycles. The Bertz CT molecular complexity index is 1210. The van der Waals surface area contributed by atoms with E-state index in [1.165, 1.54) is 12.1 Å². The fourth-order valence-electron chi connectivity index (χ4n) is 5.99. The molecule has 9 heteroatoms. The predicted molar refractivity (Wildman–Crippen MR) is 151 cm³/mol. The molecule has 3 atom stereocenters. The van der Waals surface area contributed by atoms with Gasteiger partial charge in [-0.2, -0.15) is 13.2 Å². The Morgan fingerprint density at radius 2 is 1.73 bits per heavy atom. The standard InChI is InChI=1S/C32H40F3N3O3/c1-2-7-26(29(36)39)27(19-21-8-5-9-21)30(40)37-28-12-3-4-17-38(31(28)41)20-22-10-6-11-24(18-22)23-13-15-25(16-14-23)32(33,34)35/h6,10-11,13-16,18,21,26-28H,2-5,7-9,12,17,19-20H2,1H3,(H2,36,39)(H,37,40)/t26?,27?,28-/m0/s1. The van der Waals surface area contributed by atoms with Crippen LogP contribution < -0.4 is 11.1 Å². The Morgan fingerprint density at radius 1 is 1.00 bits per heavy atom. The molecular weight excluding hydrogens is 531 g/mol. The van der Waals surface area contributed by atoms with Crippen LogP contribution in [0.15, 0.2) is 48.5 Å². The minimum Gasteiger partial charge on any atom is -0.369 e. The molecule has 2 aliphatic rings. The van der Waals surface area contributed by atoms with Gasteiger partial charge in [-0.25, -0.2) is 0 Å². The topological polar surface area (TPSA) is 92.5 Å². The zero-order chi connectivity index (χ0) is 29.6. The van der Waals surface area contributed by atoms with Gasteiger partial charge in [0, 0.05) is 24.9 Å². The molecule has 1 heterocycles. The second-order valence-corrected chi connectivity index (χ2v) is 11.5. The molecule has 41 heavy (non-hydrogen) atoms. The summed E-state index contributed by atoms with van der Waals surface area (Å²) in [5.74, 6) is -1.58. The molecule has 0 aromatic heterocycles. The monoisotopic (exact) mass is 571 g/mol. The van der Waals surface area contributed by atoms with E-state index in [2.05, 4.69) is 5.32 Å². The van der Waals surface area contributed by atoms with Gasteiger partial charge < -0.3 is 16.0 Å². The smallest absolute Gasteiger partial charge is 0.369 e. The number of amides is 3. The van der Waals surface area contributed by atoms with Crippen LogP contribution in [0.3, 0.4) is 0 Å². The highest BCUT2D eigenvalue weighted by molar-refractivity contribution is 5.91. The molecule has 4 rings (SSSR count). The molecule has 2 unspecified atom stereocenters. The third kappa shape index (κ3) is 7.89. The minimum atomic E-state index is -4.40. The quantitative estimate of drug-likeness (QED) is 0.343. The number of carbonyl (C=O) groups excluding carboxylic acids is 3. The number of nitrogens with two attached hydrogens (primary N) is 1. The van der Waals surface area contributed by atoms with Crippen molar-refractivity contribution in [2.75, 3.05) is 6.54 Å². The van der Waals surface area contributed by atoms with Crippen molar-refractivity contribution in [1.29, 1.82) is 0 Å². The highest BCUT2D eigenvalue weighted by Gasteiger charge is 2.38. The Kier molecular flexibility index (Phi) is 10.1. The number of nitrogens with zero attached hydrogens (tertiary/aromatic N) is 1. The maximum Gasteiger partial charge on any atom is 0.416 e. The lowest BCUT2D eigenvalue weighted by Gasteiger charge is -2.33. The van der Waals surface area contributed by atoms with E-state index in [-0.39, 0.29) is 11.8 Å². The average molecular weight is 572 g/mol. The van der Waals surface area contributed by atoms with Gasteiger partial charge in [-0.15, -0.1) is 0 Å². The highest BCUT2D eigenvalue weighted by Crippen LogP contribution is 2.36. The van der Waals surface area contributed by atoms with Gasteiger partial charge in [0.2, 0.25) is 17.7 Å². The zero-order valence-electron chi connectivity index (χ0n) is 23.6. The zero-order valence-corrected chi connectivity index (χ0v) is 23.6. The van der Waals surface area contributed by atoms with E-state index in [4.69, 9.17) is 5.73 Å². The summed E-state index contributed by atoms with van der Waals surface area (Å²) in [6.07, 6.45) is 2.81. The Labute approximate surface area is 239 Å². The van der Waals surface area contributed by atoms with Crippen molar-refractivity contribution in [1.82, 2.24) is 10.2 Å². The van der Waals surface area contributed by atoms with Crippen molar-refractivity contribution in [2.45, 2.75) is 83.5 Å². The number of rotatable bonds is 11. The van der Waals surface area contributed by atoms with E-state index in [1.54, 1.807) is 4.90 Å². The van der Waals surface area contributed by atoms with Crippen LogP contribution in [0.2, 0.25) is 0 Å². The molecule has 1 saturated carbocycles. The second kappa shape index (κ2) is 13.5. The molecule has 6 nitrogen and oxygen atoms in total. The van der Waals surface area contributed by atoms with E-state index in [1.807, 2.05) is 31.2 Å². The Hall–Kier alpha value is -3.36. The summed E-state index contributed by atoms with van der Waals surface area (Å²) in [4.78, 5) is 41.2. The summed E-state index contributed by atoms with van der Waals surface area (Å²) in [7, 11) is 0. The van der Waals surface area contributed by atoms with Crippen LogP contribution in [0.1, 0.15) is 75.8 Å². The maximum atomic E-state index is 13.6. The van der Waals surface area contributed by atoms with Crippen LogP contribution in [0.4, 0.5) is 13.2 Å². The van der Waals surface area contributed by atoms with Crippen molar-refractivity contribution in [3.8, 4) is 11.1 Å². The first-order valence-electron chi connectivity index (χ1n) is 14.7. The van der Waals surface area contributed by atoms with Crippen LogP contribution in [0.5, 0.6) is 0 Å². The van der Waals surface area contributed by atoms with Gasteiger partial charge in [0.1, 0.15) is 6.04 Å². The van der Waals surface area contributed by atoms with Gasteiger partial charge in [-0.1, -0.05) is 62.9 Å². The maximum absolute atomic E-state index is 13.6. The summed E-state index contributed by atoms with van der Waals surface area (Å²) >= 11 is 0. The number of likely N-dealkylation sites (tertiary alicyclic amines) is 1. The van der Waals surface area contributed by atoms with Crippen LogP contribution in [0, 0.1) is 17.8 Å². The summed E-state index contributed by atoms with van der Waals surface area (Å²) in [6, 6.07) is 11.8. The first-order chi connectivity index (χ1) is 19.6. The lowest BCUT2D eigenvalue weighted by Crippen LogP contribution is -2.51. The van der Waals surface area contributed by atoms with Gasteiger partial charge in [0.05, 0.1) is 5.56 Å². The first kappa shape index (κ1) is 30.6. The number of alkyl halides is 3. The normalized spacial score (nSPS) is 19.7. The van der Waals surface area contributed by atoms with Gasteiger partial charge in [0.25, 0.3) is 0 Å². The fraction of sp³-hybridized carbons (Fsp3) is 0.531. The van der Waals surface area contributed by atoms with Crippen LogP contribution in [-0.2, 0) is 27.1 Å². The molecule has 0 bridgehead atoms. The van der Waals surface area contributed by atoms with E-state index < -0.39 is 35.5 Å². The number of halogens is 3. The molecule has 3 N–H and O–H groups in total. The van der Waals surface area contributed by atoms with E-state index in [0.29, 0.717) is 43.8 Å².